The lowest BCUT2D eigenvalue weighted by molar-refractivity contribution is -0.143. The third-order valence-electron chi connectivity index (χ3n) is 8.18. The molecule has 1 unspecified atom stereocenters. The van der Waals surface area contributed by atoms with Crippen LogP contribution in [0.5, 0.6) is 0 Å². The zero-order valence-corrected chi connectivity index (χ0v) is 25.3. The molecule has 212 valence electrons. The van der Waals surface area contributed by atoms with Gasteiger partial charge in [0.2, 0.25) is 0 Å². The van der Waals surface area contributed by atoms with Crippen molar-refractivity contribution in [2.24, 2.45) is 0 Å². The standard InChI is InChI=1S/C37H47O2P/c1-2-39-36(38)30-20-9-7-5-3-4-6-8-13-22-34-27-21-31-40(35-28-18-12-19-29-35)37(34,32-23-14-10-15-24-32)33-25-16-11-17-26-33/h10-12,14-19,22-26,28-29H,2-9,13,20-21,27,30-31H2,1H3. The van der Waals surface area contributed by atoms with Crippen LogP contribution in [-0.4, -0.2) is 18.7 Å². The first kappa shape index (κ1) is 30.3. The topological polar surface area (TPSA) is 26.3 Å². The molecule has 0 N–H and O–H groups in total. The Morgan fingerprint density at radius 3 is 1.85 bits per heavy atom. The Kier molecular flexibility index (Phi) is 12.5. The number of allylic oxidation sites excluding steroid dienone is 2. The zero-order valence-electron chi connectivity index (χ0n) is 24.4. The molecule has 0 radical (unpaired) electrons. The van der Waals surface area contributed by atoms with Crippen molar-refractivity contribution in [3.8, 4) is 0 Å². The van der Waals surface area contributed by atoms with Gasteiger partial charge in [-0.3, -0.25) is 4.79 Å². The highest BCUT2D eigenvalue weighted by molar-refractivity contribution is 7.67. The van der Waals surface area contributed by atoms with Crippen LogP contribution in [0.1, 0.15) is 95.1 Å². The number of benzene rings is 3. The maximum absolute atomic E-state index is 11.5. The number of carbonyl (C=O) groups excluding carboxylic acids is 1. The number of ether oxygens (including phenoxy) is 1. The second-order valence-corrected chi connectivity index (χ2v) is 13.4. The van der Waals surface area contributed by atoms with Crippen LogP contribution >= 0.6 is 7.92 Å². The molecule has 0 bridgehead atoms. The second kappa shape index (κ2) is 16.5. The largest absolute Gasteiger partial charge is 0.466 e. The van der Waals surface area contributed by atoms with E-state index in [1.807, 2.05) is 6.92 Å². The molecular formula is C37H47O2P. The van der Waals surface area contributed by atoms with Crippen molar-refractivity contribution < 1.29 is 9.53 Å². The van der Waals surface area contributed by atoms with Crippen LogP contribution in [0.25, 0.3) is 0 Å². The predicted molar refractivity (Wildman–Crippen MR) is 172 cm³/mol. The van der Waals surface area contributed by atoms with Crippen molar-refractivity contribution >= 4 is 19.2 Å². The molecule has 0 aromatic heterocycles. The summed E-state index contributed by atoms with van der Waals surface area (Å²) in [5, 5.41) is 1.44. The number of rotatable bonds is 15. The van der Waals surface area contributed by atoms with Gasteiger partial charge in [0.15, 0.2) is 0 Å². The molecule has 1 aliphatic rings. The molecule has 40 heavy (non-hydrogen) atoms. The first-order valence-corrected chi connectivity index (χ1v) is 17.1. The highest BCUT2D eigenvalue weighted by Crippen LogP contribution is 2.66. The lowest BCUT2D eigenvalue weighted by atomic mass is 9.80. The van der Waals surface area contributed by atoms with E-state index in [-0.39, 0.29) is 11.1 Å². The molecule has 2 nitrogen and oxygen atoms in total. The Morgan fingerprint density at radius 1 is 0.750 bits per heavy atom. The molecule has 3 aromatic rings. The summed E-state index contributed by atoms with van der Waals surface area (Å²) in [6.45, 7) is 2.36. The normalized spacial score (nSPS) is 17.5. The fourth-order valence-corrected chi connectivity index (χ4v) is 9.78. The van der Waals surface area contributed by atoms with Gasteiger partial charge in [-0.1, -0.05) is 149 Å². The van der Waals surface area contributed by atoms with Gasteiger partial charge in [0.05, 0.1) is 11.8 Å². The van der Waals surface area contributed by atoms with E-state index >= 15 is 0 Å². The third-order valence-corrected chi connectivity index (χ3v) is 11.5. The van der Waals surface area contributed by atoms with Crippen LogP contribution in [0.3, 0.4) is 0 Å². The molecule has 1 fully saturated rings. The SMILES string of the molecule is CCOC(=O)CCCCCCCCCCC=C1CCCP(c2ccccc2)C1(c1ccccc1)c1ccccc1. The zero-order chi connectivity index (χ0) is 27.9. The minimum absolute atomic E-state index is 0.0468. The molecule has 0 saturated carbocycles. The number of hydrogen-bond donors (Lipinski definition) is 0. The molecule has 3 heteroatoms. The van der Waals surface area contributed by atoms with Gasteiger partial charge in [-0.15, -0.1) is 0 Å². The van der Waals surface area contributed by atoms with E-state index in [4.69, 9.17) is 4.74 Å². The molecule has 1 heterocycles. The van der Waals surface area contributed by atoms with E-state index < -0.39 is 7.92 Å². The number of unbranched alkanes of at least 4 members (excludes halogenated alkanes) is 8. The third kappa shape index (κ3) is 7.94. The van der Waals surface area contributed by atoms with E-state index in [0.717, 1.165) is 19.3 Å². The molecule has 0 amide bonds. The first-order chi connectivity index (χ1) is 19.8. The van der Waals surface area contributed by atoms with Crippen LogP contribution in [-0.2, 0) is 14.7 Å². The Bertz CT molecular complexity index is 1120. The van der Waals surface area contributed by atoms with Gasteiger partial charge in [-0.25, -0.2) is 0 Å². The fraction of sp³-hybridized carbons (Fsp3) is 0.432. The fourth-order valence-electron chi connectivity index (χ4n) is 6.32. The molecule has 3 aromatic carbocycles. The highest BCUT2D eigenvalue weighted by Gasteiger charge is 2.47. The predicted octanol–water partition coefficient (Wildman–Crippen LogP) is 9.92. The average molecular weight is 555 g/mol. The maximum atomic E-state index is 11.5. The van der Waals surface area contributed by atoms with Crippen LogP contribution in [0.4, 0.5) is 0 Å². The summed E-state index contributed by atoms with van der Waals surface area (Å²) in [7, 11) is -0.448. The minimum atomic E-state index is -0.448. The van der Waals surface area contributed by atoms with Gasteiger partial charge in [0, 0.05) is 6.42 Å². The quantitative estimate of drug-likeness (QED) is 0.0809. The van der Waals surface area contributed by atoms with Crippen molar-refractivity contribution in [2.45, 2.75) is 89.1 Å². The van der Waals surface area contributed by atoms with Crippen molar-refractivity contribution in [2.75, 3.05) is 12.8 Å². The summed E-state index contributed by atoms with van der Waals surface area (Å²) < 4.78 is 5.02. The summed E-state index contributed by atoms with van der Waals surface area (Å²) in [5.74, 6) is -0.0468. The van der Waals surface area contributed by atoms with Crippen LogP contribution < -0.4 is 5.30 Å². The van der Waals surface area contributed by atoms with Gasteiger partial charge in [-0.2, -0.15) is 0 Å². The molecule has 0 aliphatic carbocycles. The van der Waals surface area contributed by atoms with Gasteiger partial charge >= 0.3 is 5.97 Å². The summed E-state index contributed by atoms with van der Waals surface area (Å²) >= 11 is 0. The van der Waals surface area contributed by atoms with Gasteiger partial charge in [0.1, 0.15) is 0 Å². The molecule has 4 rings (SSSR count). The Labute approximate surface area is 244 Å². The molecule has 1 aliphatic heterocycles. The lowest BCUT2D eigenvalue weighted by Crippen LogP contribution is -2.36. The van der Waals surface area contributed by atoms with Gasteiger partial charge < -0.3 is 4.74 Å². The Balaban J connectivity index is 1.42. The van der Waals surface area contributed by atoms with E-state index in [0.29, 0.717) is 13.0 Å². The van der Waals surface area contributed by atoms with Crippen molar-refractivity contribution in [3.05, 3.63) is 114 Å². The van der Waals surface area contributed by atoms with Crippen LogP contribution in [0.15, 0.2) is 103 Å². The van der Waals surface area contributed by atoms with Crippen molar-refractivity contribution in [3.63, 3.8) is 0 Å². The average Bonchev–Trinajstić information content (AvgIpc) is 3.01. The number of carbonyl (C=O) groups is 1. The maximum Gasteiger partial charge on any atom is 0.305 e. The first-order valence-electron chi connectivity index (χ1n) is 15.6. The molecule has 0 spiro atoms. The highest BCUT2D eigenvalue weighted by atomic mass is 31.1. The summed E-state index contributed by atoms with van der Waals surface area (Å²) in [5.41, 5.74) is 4.53. The molecule has 1 atom stereocenters. The summed E-state index contributed by atoms with van der Waals surface area (Å²) in [4.78, 5) is 11.5. The van der Waals surface area contributed by atoms with Gasteiger partial charge in [0.25, 0.3) is 0 Å². The van der Waals surface area contributed by atoms with E-state index in [1.54, 1.807) is 5.57 Å². The smallest absolute Gasteiger partial charge is 0.305 e. The van der Waals surface area contributed by atoms with Crippen LogP contribution in [0.2, 0.25) is 0 Å². The number of esters is 1. The molecule has 1 saturated heterocycles. The Hall–Kier alpha value is -2.70. The lowest BCUT2D eigenvalue weighted by Gasteiger charge is -2.48. The summed E-state index contributed by atoms with van der Waals surface area (Å²) in [6.07, 6.45) is 17.8. The van der Waals surface area contributed by atoms with E-state index in [1.165, 1.54) is 74.0 Å². The van der Waals surface area contributed by atoms with Crippen molar-refractivity contribution in [1.82, 2.24) is 0 Å². The molecular weight excluding hydrogens is 507 g/mol. The Morgan fingerprint density at radius 2 is 1.27 bits per heavy atom. The monoisotopic (exact) mass is 554 g/mol. The van der Waals surface area contributed by atoms with Crippen molar-refractivity contribution in [1.29, 1.82) is 0 Å². The van der Waals surface area contributed by atoms with Gasteiger partial charge in [-0.05, 0) is 61.6 Å². The minimum Gasteiger partial charge on any atom is -0.466 e. The summed E-state index contributed by atoms with van der Waals surface area (Å²) in [6, 6.07) is 34.0. The van der Waals surface area contributed by atoms with Crippen LogP contribution in [0, 0.1) is 0 Å². The van der Waals surface area contributed by atoms with E-state index in [2.05, 4.69) is 97.1 Å². The number of hydrogen-bond acceptors (Lipinski definition) is 2. The van der Waals surface area contributed by atoms with E-state index in [9.17, 15) is 4.79 Å². The second-order valence-electron chi connectivity index (χ2n) is 10.9.